The second-order valence-electron chi connectivity index (χ2n) is 5.24. The first kappa shape index (κ1) is 18.0. The highest BCUT2D eigenvalue weighted by atomic mass is 35.5. The molecule has 10 heteroatoms. The van der Waals surface area contributed by atoms with E-state index in [1.54, 1.807) is 42.6 Å². The van der Waals surface area contributed by atoms with Gasteiger partial charge >= 0.3 is 5.22 Å². The molecule has 1 aromatic carbocycles. The van der Waals surface area contributed by atoms with Crippen molar-refractivity contribution in [2.75, 3.05) is 0 Å². The highest BCUT2D eigenvalue weighted by Crippen LogP contribution is 2.21. The molecule has 0 saturated carbocycles. The van der Waals surface area contributed by atoms with Gasteiger partial charge in [0, 0.05) is 17.4 Å². The van der Waals surface area contributed by atoms with E-state index in [0.717, 1.165) is 0 Å². The van der Waals surface area contributed by atoms with Crippen molar-refractivity contribution in [3.8, 4) is 0 Å². The van der Waals surface area contributed by atoms with Crippen LogP contribution in [-0.4, -0.2) is 29.5 Å². The maximum absolute atomic E-state index is 12.4. The van der Waals surface area contributed by atoms with Crippen molar-refractivity contribution in [1.82, 2.24) is 20.5 Å². The summed E-state index contributed by atoms with van der Waals surface area (Å²) in [5, 5.41) is 9.56. The van der Waals surface area contributed by atoms with Crippen LogP contribution in [-0.2, 0) is 22.1 Å². The first-order valence-corrected chi connectivity index (χ1v) is 9.45. The maximum atomic E-state index is 12.4. The lowest BCUT2D eigenvalue weighted by Gasteiger charge is -2.03. The topological polar surface area (TPSA) is 115 Å². The number of amides is 1. The zero-order valence-electron chi connectivity index (χ0n) is 13.3. The van der Waals surface area contributed by atoms with Crippen LogP contribution in [0.4, 0.5) is 0 Å². The second kappa shape index (κ2) is 7.63. The molecule has 0 atom stereocenters. The van der Waals surface area contributed by atoms with Crippen LogP contribution in [0.15, 0.2) is 58.4 Å². The molecule has 134 valence electrons. The standard InChI is InChI=1S/C16H13ClN4O4S/c17-13-6-2-1-4-12(13)10-26(23,24)16-21-20-14(25-16)9-19-15(22)11-5-3-7-18-8-11/h1-8H,9-10H2,(H,19,22). The van der Waals surface area contributed by atoms with E-state index in [2.05, 4.69) is 20.5 Å². The molecular formula is C16H13ClN4O4S. The van der Waals surface area contributed by atoms with Gasteiger partial charge in [-0.05, 0) is 23.8 Å². The molecule has 26 heavy (non-hydrogen) atoms. The van der Waals surface area contributed by atoms with Gasteiger partial charge in [0.1, 0.15) is 0 Å². The molecule has 3 rings (SSSR count). The van der Waals surface area contributed by atoms with Crippen molar-refractivity contribution in [3.05, 3.63) is 70.8 Å². The molecule has 3 aromatic rings. The number of aromatic nitrogens is 3. The van der Waals surface area contributed by atoms with E-state index in [-0.39, 0.29) is 18.2 Å². The molecule has 0 aliphatic rings. The largest absolute Gasteiger partial charge is 0.411 e. The molecule has 0 aliphatic heterocycles. The minimum Gasteiger partial charge on any atom is -0.411 e. The number of nitrogens with one attached hydrogen (secondary N) is 1. The third kappa shape index (κ3) is 4.24. The van der Waals surface area contributed by atoms with Gasteiger partial charge in [0.15, 0.2) is 0 Å². The molecule has 0 aliphatic carbocycles. The minimum atomic E-state index is -3.85. The normalized spacial score (nSPS) is 11.3. The molecule has 0 unspecified atom stereocenters. The van der Waals surface area contributed by atoms with E-state index in [1.165, 1.54) is 6.20 Å². The van der Waals surface area contributed by atoms with Gasteiger partial charge < -0.3 is 9.73 Å². The van der Waals surface area contributed by atoms with Crippen molar-refractivity contribution >= 4 is 27.3 Å². The van der Waals surface area contributed by atoms with Crippen LogP contribution < -0.4 is 5.32 Å². The van der Waals surface area contributed by atoms with E-state index in [9.17, 15) is 13.2 Å². The lowest BCUT2D eigenvalue weighted by Crippen LogP contribution is -2.23. The maximum Gasteiger partial charge on any atom is 0.335 e. The van der Waals surface area contributed by atoms with Gasteiger partial charge in [0.25, 0.3) is 5.91 Å². The summed E-state index contributed by atoms with van der Waals surface area (Å²) in [5.41, 5.74) is 0.789. The van der Waals surface area contributed by atoms with Crippen LogP contribution in [0.25, 0.3) is 0 Å². The average molecular weight is 393 g/mol. The van der Waals surface area contributed by atoms with Gasteiger partial charge in [0.2, 0.25) is 15.7 Å². The Labute approximate surface area is 154 Å². The van der Waals surface area contributed by atoms with Crippen molar-refractivity contribution in [1.29, 1.82) is 0 Å². The predicted molar refractivity (Wildman–Crippen MR) is 92.0 cm³/mol. The number of hydrogen-bond donors (Lipinski definition) is 1. The highest BCUT2D eigenvalue weighted by Gasteiger charge is 2.24. The van der Waals surface area contributed by atoms with Crippen LogP contribution in [0.1, 0.15) is 21.8 Å². The van der Waals surface area contributed by atoms with Crippen LogP contribution in [0.5, 0.6) is 0 Å². The average Bonchev–Trinajstić information content (AvgIpc) is 3.12. The van der Waals surface area contributed by atoms with Gasteiger partial charge in [-0.15, -0.1) is 5.10 Å². The molecule has 8 nitrogen and oxygen atoms in total. The fourth-order valence-corrected chi connectivity index (χ4v) is 3.53. The van der Waals surface area contributed by atoms with Crippen LogP contribution in [0.2, 0.25) is 5.02 Å². The van der Waals surface area contributed by atoms with E-state index >= 15 is 0 Å². The molecule has 0 spiro atoms. The van der Waals surface area contributed by atoms with Crippen molar-refractivity contribution in [2.45, 2.75) is 17.5 Å². The number of rotatable bonds is 6. The summed E-state index contributed by atoms with van der Waals surface area (Å²) in [5.74, 6) is -0.784. The number of halogens is 1. The lowest BCUT2D eigenvalue weighted by molar-refractivity contribution is 0.0946. The predicted octanol–water partition coefficient (Wildman–Crippen LogP) is 2.02. The summed E-state index contributed by atoms with van der Waals surface area (Å²) >= 11 is 5.98. The number of nitrogens with zero attached hydrogens (tertiary/aromatic N) is 3. The van der Waals surface area contributed by atoms with Crippen molar-refractivity contribution in [3.63, 3.8) is 0 Å². The SMILES string of the molecule is O=C(NCc1nnc(S(=O)(=O)Cc2ccccc2Cl)o1)c1cccnc1. The van der Waals surface area contributed by atoms with Gasteiger partial charge in [-0.25, -0.2) is 8.42 Å². The first-order chi connectivity index (χ1) is 12.5. The van der Waals surface area contributed by atoms with Gasteiger partial charge in [0.05, 0.1) is 17.9 Å². The Bertz CT molecular complexity index is 1020. The van der Waals surface area contributed by atoms with Crippen LogP contribution >= 0.6 is 11.6 Å². The fourth-order valence-electron chi connectivity index (χ4n) is 2.07. The van der Waals surface area contributed by atoms with Crippen molar-refractivity contribution < 1.29 is 17.6 Å². The quantitative estimate of drug-likeness (QED) is 0.682. The highest BCUT2D eigenvalue weighted by molar-refractivity contribution is 7.90. The zero-order chi connectivity index (χ0) is 18.6. The molecule has 1 N–H and O–H groups in total. The molecule has 0 radical (unpaired) electrons. The van der Waals surface area contributed by atoms with Gasteiger partial charge in [-0.2, -0.15) is 0 Å². The fraction of sp³-hybridized carbons (Fsp3) is 0.125. The summed E-state index contributed by atoms with van der Waals surface area (Å²) in [6.07, 6.45) is 2.95. The number of pyridine rings is 1. The zero-order valence-corrected chi connectivity index (χ0v) is 14.9. The number of hydrogen-bond acceptors (Lipinski definition) is 7. The minimum absolute atomic E-state index is 0.0278. The Morgan fingerprint density at radius 1 is 1.15 bits per heavy atom. The van der Waals surface area contributed by atoms with Crippen LogP contribution in [0, 0.1) is 0 Å². The molecular weight excluding hydrogens is 380 g/mol. The van der Waals surface area contributed by atoms with E-state index in [0.29, 0.717) is 16.1 Å². The molecule has 2 aromatic heterocycles. The second-order valence-corrected chi connectivity index (χ2v) is 7.51. The Morgan fingerprint density at radius 2 is 1.96 bits per heavy atom. The molecule has 2 heterocycles. The van der Waals surface area contributed by atoms with Gasteiger partial charge in [-0.1, -0.05) is 34.9 Å². The van der Waals surface area contributed by atoms with E-state index in [1.807, 2.05) is 0 Å². The number of sulfone groups is 1. The van der Waals surface area contributed by atoms with Gasteiger partial charge in [-0.3, -0.25) is 9.78 Å². The smallest absolute Gasteiger partial charge is 0.335 e. The molecule has 0 fully saturated rings. The Balaban J connectivity index is 1.67. The summed E-state index contributed by atoms with van der Waals surface area (Å²) < 4.78 is 29.9. The van der Waals surface area contributed by atoms with E-state index < -0.39 is 21.0 Å². The van der Waals surface area contributed by atoms with Crippen LogP contribution in [0.3, 0.4) is 0 Å². The van der Waals surface area contributed by atoms with E-state index in [4.69, 9.17) is 16.0 Å². The summed E-state index contributed by atoms with van der Waals surface area (Å²) in [7, 11) is -3.85. The summed E-state index contributed by atoms with van der Waals surface area (Å²) in [6.45, 7) is -0.109. The third-order valence-corrected chi connectivity index (χ3v) is 5.10. The number of benzene rings is 1. The Morgan fingerprint density at radius 3 is 2.69 bits per heavy atom. The van der Waals surface area contributed by atoms with Crippen molar-refractivity contribution in [2.24, 2.45) is 0 Å². The summed E-state index contributed by atoms with van der Waals surface area (Å²) in [4.78, 5) is 15.8. The Hall–Kier alpha value is -2.78. The molecule has 0 bridgehead atoms. The number of carbonyl (C=O) groups is 1. The monoisotopic (exact) mass is 392 g/mol. The lowest BCUT2D eigenvalue weighted by atomic mass is 10.2. The number of carbonyl (C=O) groups excluding carboxylic acids is 1. The first-order valence-electron chi connectivity index (χ1n) is 7.42. The summed E-state index contributed by atoms with van der Waals surface area (Å²) in [6, 6.07) is 9.81. The third-order valence-electron chi connectivity index (χ3n) is 3.34. The molecule has 0 saturated heterocycles. The Kier molecular flexibility index (Phi) is 5.29. The molecule has 1 amide bonds.